The van der Waals surface area contributed by atoms with Gasteiger partial charge in [-0.15, -0.1) is 0 Å². The van der Waals surface area contributed by atoms with Crippen LogP contribution in [-0.4, -0.2) is 68.9 Å². The van der Waals surface area contributed by atoms with Gasteiger partial charge in [-0.1, -0.05) is 36.7 Å². The van der Waals surface area contributed by atoms with E-state index in [0.29, 0.717) is 28.9 Å². The van der Waals surface area contributed by atoms with Crippen molar-refractivity contribution in [3.05, 3.63) is 64.9 Å². The van der Waals surface area contributed by atoms with Gasteiger partial charge in [-0.2, -0.15) is 13.2 Å². The van der Waals surface area contributed by atoms with E-state index in [2.05, 4.69) is 40.0 Å². The van der Waals surface area contributed by atoms with Crippen molar-refractivity contribution in [2.75, 3.05) is 19.6 Å². The molecule has 0 saturated carbocycles. The Morgan fingerprint density at radius 2 is 1.70 bits per heavy atom. The van der Waals surface area contributed by atoms with Crippen LogP contribution in [0.2, 0.25) is 5.02 Å². The molecule has 0 radical (unpaired) electrons. The molecule has 44 heavy (non-hydrogen) atoms. The molecule has 2 N–H and O–H groups in total. The maximum atomic E-state index is 10.8. The second-order valence-electron chi connectivity index (χ2n) is 10.8. The number of alkyl halides is 3. The molecule has 4 rings (SSSR count). The van der Waals surface area contributed by atoms with Crippen LogP contribution in [0.25, 0.3) is 22.5 Å². The SMILES string of the molecule is CCc1c(-c2cnc(-c3ccc(OC(C)C)c(Cl)c3)nc2)cccc1C1CCN(CCCC(=O)O)CC1.O=C(O)C(F)(F)F. The quantitative estimate of drug-likeness (QED) is 0.236. The summed E-state index contributed by atoms with van der Waals surface area (Å²) in [6.07, 6.45) is 2.86. The molecule has 0 bridgehead atoms. The van der Waals surface area contributed by atoms with Crippen molar-refractivity contribution in [3.63, 3.8) is 0 Å². The number of aromatic nitrogens is 2. The number of carbonyl (C=O) groups is 2. The third-order valence-corrected chi connectivity index (χ3v) is 7.51. The van der Waals surface area contributed by atoms with Crippen LogP contribution in [0.1, 0.15) is 63.5 Å². The van der Waals surface area contributed by atoms with Crippen molar-refractivity contribution in [3.8, 4) is 28.3 Å². The first kappa shape index (κ1) is 34.8. The van der Waals surface area contributed by atoms with Gasteiger partial charge in [0.05, 0.1) is 11.1 Å². The van der Waals surface area contributed by atoms with Gasteiger partial charge in [0, 0.05) is 29.9 Å². The fourth-order valence-corrected chi connectivity index (χ4v) is 5.40. The summed E-state index contributed by atoms with van der Waals surface area (Å²) < 4.78 is 37.5. The topological polar surface area (TPSA) is 113 Å². The van der Waals surface area contributed by atoms with Gasteiger partial charge < -0.3 is 19.8 Å². The van der Waals surface area contributed by atoms with Crippen molar-refractivity contribution < 1.29 is 37.7 Å². The fourth-order valence-electron chi connectivity index (χ4n) is 5.18. The van der Waals surface area contributed by atoms with Crippen molar-refractivity contribution in [1.82, 2.24) is 14.9 Å². The standard InChI is InChI=1S/C30H36ClN3O3.C2HF3O2/c1-4-24-25(21-12-15-34(16-13-21)14-6-9-29(35)36)7-5-8-26(24)23-18-32-30(33-19-23)22-10-11-28(27(31)17-22)37-20(2)3;3-2(4,5)1(6)7/h5,7-8,10-11,17-21H,4,6,9,12-16H2,1-3H3,(H,35,36);(H,6,7). The highest BCUT2D eigenvalue weighted by Crippen LogP contribution is 2.36. The molecular formula is C32H37ClF3N3O5. The summed E-state index contributed by atoms with van der Waals surface area (Å²) in [7, 11) is 0. The number of benzene rings is 2. The number of hydrogen-bond acceptors (Lipinski definition) is 6. The minimum Gasteiger partial charge on any atom is -0.489 e. The predicted molar refractivity (Wildman–Crippen MR) is 162 cm³/mol. The molecule has 1 saturated heterocycles. The van der Waals surface area contributed by atoms with E-state index < -0.39 is 18.1 Å². The molecule has 12 heteroatoms. The van der Waals surface area contributed by atoms with E-state index in [0.717, 1.165) is 50.0 Å². The average molecular weight is 636 g/mol. The molecule has 238 valence electrons. The number of nitrogens with zero attached hydrogens (tertiary/aromatic N) is 3. The number of piperidine rings is 1. The zero-order valence-corrected chi connectivity index (χ0v) is 25.7. The molecule has 2 aromatic carbocycles. The van der Waals surface area contributed by atoms with E-state index in [1.807, 2.05) is 44.4 Å². The van der Waals surface area contributed by atoms with Crippen LogP contribution in [0.3, 0.4) is 0 Å². The Balaban J connectivity index is 0.000000676. The number of aliphatic carboxylic acids is 2. The molecule has 0 spiro atoms. The van der Waals surface area contributed by atoms with Crippen LogP contribution in [-0.2, 0) is 16.0 Å². The molecule has 1 aliphatic rings. The molecule has 2 heterocycles. The van der Waals surface area contributed by atoms with Crippen molar-refractivity contribution in [1.29, 1.82) is 0 Å². The third kappa shape index (κ3) is 9.92. The molecular weight excluding hydrogens is 599 g/mol. The molecule has 3 aromatic rings. The van der Waals surface area contributed by atoms with E-state index in [-0.39, 0.29) is 12.5 Å². The van der Waals surface area contributed by atoms with E-state index >= 15 is 0 Å². The number of rotatable bonds is 10. The van der Waals surface area contributed by atoms with Gasteiger partial charge in [-0.05, 0) is 100.0 Å². The van der Waals surface area contributed by atoms with E-state index in [4.69, 9.17) is 31.3 Å². The molecule has 0 aliphatic carbocycles. The Morgan fingerprint density at radius 3 is 2.23 bits per heavy atom. The summed E-state index contributed by atoms with van der Waals surface area (Å²) in [5.74, 6) is -1.67. The smallest absolute Gasteiger partial charge is 0.489 e. The average Bonchev–Trinajstić information content (AvgIpc) is 2.97. The summed E-state index contributed by atoms with van der Waals surface area (Å²) in [6, 6.07) is 12.2. The molecule has 1 aliphatic heterocycles. The number of halogens is 4. The largest absolute Gasteiger partial charge is 0.490 e. The lowest BCUT2D eigenvalue weighted by Gasteiger charge is -2.33. The highest BCUT2D eigenvalue weighted by atomic mass is 35.5. The monoisotopic (exact) mass is 635 g/mol. The molecule has 0 unspecified atom stereocenters. The Morgan fingerprint density at radius 1 is 1.07 bits per heavy atom. The lowest BCUT2D eigenvalue weighted by atomic mass is 9.83. The normalized spacial score (nSPS) is 14.2. The van der Waals surface area contributed by atoms with Gasteiger partial charge in [-0.25, -0.2) is 14.8 Å². The zero-order valence-electron chi connectivity index (χ0n) is 24.9. The van der Waals surface area contributed by atoms with Gasteiger partial charge in [0.25, 0.3) is 0 Å². The summed E-state index contributed by atoms with van der Waals surface area (Å²) in [5.41, 5.74) is 5.84. The summed E-state index contributed by atoms with van der Waals surface area (Å²) in [4.78, 5) is 31.4. The molecule has 8 nitrogen and oxygen atoms in total. The van der Waals surface area contributed by atoms with Crippen molar-refractivity contribution >= 4 is 23.5 Å². The number of carboxylic acid groups (broad SMARTS) is 2. The van der Waals surface area contributed by atoms with Crippen LogP contribution in [0.15, 0.2) is 48.8 Å². The predicted octanol–water partition coefficient (Wildman–Crippen LogP) is 7.49. The van der Waals surface area contributed by atoms with Crippen LogP contribution in [0, 0.1) is 0 Å². The number of ether oxygens (including phenoxy) is 1. The second-order valence-corrected chi connectivity index (χ2v) is 11.2. The van der Waals surface area contributed by atoms with Crippen LogP contribution in [0.5, 0.6) is 5.75 Å². The summed E-state index contributed by atoms with van der Waals surface area (Å²) >= 11 is 6.42. The second kappa shape index (κ2) is 15.9. The van der Waals surface area contributed by atoms with Crippen molar-refractivity contribution in [2.24, 2.45) is 0 Å². The van der Waals surface area contributed by atoms with Gasteiger partial charge in [0.1, 0.15) is 5.75 Å². The first-order chi connectivity index (χ1) is 20.8. The maximum absolute atomic E-state index is 10.8. The highest BCUT2D eigenvalue weighted by molar-refractivity contribution is 6.32. The maximum Gasteiger partial charge on any atom is 0.490 e. The van der Waals surface area contributed by atoms with Crippen molar-refractivity contribution in [2.45, 2.75) is 71.1 Å². The lowest BCUT2D eigenvalue weighted by molar-refractivity contribution is -0.192. The number of hydrogen-bond donors (Lipinski definition) is 2. The fraction of sp³-hybridized carbons (Fsp3) is 0.438. The molecule has 0 amide bonds. The molecule has 1 aromatic heterocycles. The van der Waals surface area contributed by atoms with E-state index in [1.165, 1.54) is 16.7 Å². The Kier molecular flexibility index (Phi) is 12.5. The first-order valence-electron chi connectivity index (χ1n) is 14.4. The minimum absolute atomic E-state index is 0.0544. The van der Waals surface area contributed by atoms with Crippen LogP contribution >= 0.6 is 11.6 Å². The number of carboxylic acids is 2. The van der Waals surface area contributed by atoms with Gasteiger partial charge in [0.2, 0.25) is 0 Å². The van der Waals surface area contributed by atoms with Gasteiger partial charge in [-0.3, -0.25) is 4.79 Å². The lowest BCUT2D eigenvalue weighted by Crippen LogP contribution is -2.34. The minimum atomic E-state index is -5.08. The van der Waals surface area contributed by atoms with E-state index in [1.54, 1.807) is 0 Å². The van der Waals surface area contributed by atoms with Crippen LogP contribution < -0.4 is 4.74 Å². The Bertz CT molecular complexity index is 1410. The Hall–Kier alpha value is -3.70. The Labute approximate surface area is 259 Å². The highest BCUT2D eigenvalue weighted by Gasteiger charge is 2.38. The molecule has 0 atom stereocenters. The number of likely N-dealkylation sites (tertiary alicyclic amines) is 1. The zero-order chi connectivity index (χ0) is 32.4. The van der Waals surface area contributed by atoms with E-state index in [9.17, 15) is 18.0 Å². The van der Waals surface area contributed by atoms with Gasteiger partial charge >= 0.3 is 18.1 Å². The first-order valence-corrected chi connectivity index (χ1v) is 14.8. The molecule has 1 fully saturated rings. The summed E-state index contributed by atoms with van der Waals surface area (Å²) in [5, 5.41) is 16.6. The summed E-state index contributed by atoms with van der Waals surface area (Å²) in [6.45, 7) is 9.04. The third-order valence-electron chi connectivity index (χ3n) is 7.22. The van der Waals surface area contributed by atoms with Crippen LogP contribution in [0.4, 0.5) is 13.2 Å². The van der Waals surface area contributed by atoms with Gasteiger partial charge in [0.15, 0.2) is 5.82 Å².